The fourth-order valence-corrected chi connectivity index (χ4v) is 1.30. The zero-order valence-electron chi connectivity index (χ0n) is 10.0. The number of rotatable bonds is 6. The van der Waals surface area contributed by atoms with Crippen LogP contribution in [0.15, 0.2) is 24.3 Å². The lowest BCUT2D eigenvalue weighted by Crippen LogP contribution is -2.26. The van der Waals surface area contributed by atoms with Crippen LogP contribution >= 0.6 is 0 Å². The van der Waals surface area contributed by atoms with Crippen LogP contribution in [0.25, 0.3) is 0 Å². The molecule has 0 aliphatic heterocycles. The number of carbonyl (C=O) groups excluding carboxylic acids is 2. The maximum absolute atomic E-state index is 12.0. The molecule has 0 radical (unpaired) electrons. The molecule has 2 N–H and O–H groups in total. The maximum Gasteiger partial charge on any atom is 0.307 e. The van der Waals surface area contributed by atoms with Crippen molar-refractivity contribution in [2.24, 2.45) is 0 Å². The van der Waals surface area contributed by atoms with Gasteiger partial charge in [0.25, 0.3) is 5.91 Å². The molecule has 0 saturated carbocycles. The largest absolute Gasteiger partial charge is 0.469 e. The van der Waals surface area contributed by atoms with Crippen molar-refractivity contribution in [1.82, 2.24) is 5.32 Å². The van der Waals surface area contributed by atoms with Gasteiger partial charge in [-0.05, 0) is 24.3 Å². The van der Waals surface area contributed by atoms with Crippen LogP contribution < -0.4 is 10.6 Å². The van der Waals surface area contributed by atoms with Crippen molar-refractivity contribution in [2.75, 3.05) is 25.8 Å². The molecule has 18 heavy (non-hydrogen) atoms. The molecule has 0 heterocycles. The third-order valence-corrected chi connectivity index (χ3v) is 2.26. The van der Waals surface area contributed by atoms with Crippen LogP contribution in [0.2, 0.25) is 0 Å². The smallest absolute Gasteiger partial charge is 0.307 e. The Hall–Kier alpha value is -2.11. The van der Waals surface area contributed by atoms with E-state index in [2.05, 4.69) is 15.4 Å². The first kappa shape index (κ1) is 14.0. The number of benzene rings is 1. The number of methoxy groups -OCH3 is 1. The minimum Gasteiger partial charge on any atom is -0.469 e. The van der Waals surface area contributed by atoms with Gasteiger partial charge in [0.2, 0.25) is 0 Å². The Bertz CT molecular complexity index is 406. The Labute approximate surface area is 104 Å². The second-order valence-corrected chi connectivity index (χ2v) is 3.47. The number of ether oxygens (including phenoxy) is 1. The summed E-state index contributed by atoms with van der Waals surface area (Å²) in [5, 5.41) is 5.06. The van der Waals surface area contributed by atoms with Gasteiger partial charge in [0.15, 0.2) is 6.80 Å². The van der Waals surface area contributed by atoms with Gasteiger partial charge in [0, 0.05) is 17.8 Å². The molecule has 5 nitrogen and oxygen atoms in total. The summed E-state index contributed by atoms with van der Waals surface area (Å²) in [5.74, 6) is -0.663. The molecular formula is C12H15FN2O3. The molecule has 0 bridgehead atoms. The van der Waals surface area contributed by atoms with Gasteiger partial charge in [0.05, 0.1) is 13.5 Å². The summed E-state index contributed by atoms with van der Waals surface area (Å²) < 4.78 is 16.4. The molecule has 0 fully saturated rings. The highest BCUT2D eigenvalue weighted by Gasteiger charge is 2.06. The van der Waals surface area contributed by atoms with E-state index in [9.17, 15) is 14.0 Å². The van der Waals surface area contributed by atoms with E-state index < -0.39 is 6.80 Å². The Kier molecular flexibility index (Phi) is 5.63. The van der Waals surface area contributed by atoms with Crippen LogP contribution in [-0.4, -0.2) is 32.3 Å². The van der Waals surface area contributed by atoms with Crippen molar-refractivity contribution in [3.05, 3.63) is 29.8 Å². The summed E-state index contributed by atoms with van der Waals surface area (Å²) in [4.78, 5) is 22.5. The monoisotopic (exact) mass is 254 g/mol. The number of hydrogen-bond acceptors (Lipinski definition) is 4. The van der Waals surface area contributed by atoms with Crippen LogP contribution in [0.5, 0.6) is 0 Å². The number of halogens is 1. The second-order valence-electron chi connectivity index (χ2n) is 3.47. The zero-order chi connectivity index (χ0) is 13.4. The van der Waals surface area contributed by atoms with E-state index in [-0.39, 0.29) is 24.8 Å². The van der Waals surface area contributed by atoms with Crippen LogP contribution in [0.4, 0.5) is 10.1 Å². The van der Waals surface area contributed by atoms with Crippen molar-refractivity contribution in [3.8, 4) is 0 Å². The first-order valence-corrected chi connectivity index (χ1v) is 5.42. The SMILES string of the molecule is COC(=O)CCNC(=O)c1ccc(NCF)cc1. The standard InChI is InChI=1S/C12H15FN2O3/c1-18-11(16)6-7-14-12(17)9-2-4-10(5-3-9)15-8-13/h2-5,15H,6-8H2,1H3,(H,14,17). The van der Waals surface area contributed by atoms with Crippen molar-refractivity contribution in [1.29, 1.82) is 0 Å². The summed E-state index contributed by atoms with van der Waals surface area (Å²) in [5.41, 5.74) is 1.05. The molecule has 0 aliphatic rings. The third-order valence-electron chi connectivity index (χ3n) is 2.26. The fraction of sp³-hybridized carbons (Fsp3) is 0.333. The predicted octanol–water partition coefficient (Wildman–Crippen LogP) is 1.32. The Morgan fingerprint density at radius 3 is 2.50 bits per heavy atom. The highest BCUT2D eigenvalue weighted by molar-refractivity contribution is 5.94. The number of esters is 1. The summed E-state index contributed by atoms with van der Waals surface area (Å²) in [6.45, 7) is -0.444. The van der Waals surface area contributed by atoms with Gasteiger partial charge in [-0.15, -0.1) is 0 Å². The first-order valence-electron chi connectivity index (χ1n) is 5.42. The highest BCUT2D eigenvalue weighted by atomic mass is 19.1. The van der Waals surface area contributed by atoms with E-state index in [4.69, 9.17) is 0 Å². The number of carbonyl (C=O) groups is 2. The maximum atomic E-state index is 12.0. The predicted molar refractivity (Wildman–Crippen MR) is 65.0 cm³/mol. The van der Waals surface area contributed by atoms with Crippen molar-refractivity contribution in [2.45, 2.75) is 6.42 Å². The Balaban J connectivity index is 2.44. The van der Waals surface area contributed by atoms with Gasteiger partial charge in [-0.1, -0.05) is 0 Å². The van der Waals surface area contributed by atoms with Crippen molar-refractivity contribution in [3.63, 3.8) is 0 Å². The molecule has 1 aromatic rings. The van der Waals surface area contributed by atoms with Gasteiger partial charge >= 0.3 is 5.97 Å². The Morgan fingerprint density at radius 2 is 1.94 bits per heavy atom. The van der Waals surface area contributed by atoms with Crippen molar-refractivity contribution >= 4 is 17.6 Å². The minimum atomic E-state index is -0.662. The van der Waals surface area contributed by atoms with Crippen LogP contribution in [0.1, 0.15) is 16.8 Å². The summed E-state index contributed by atoms with van der Waals surface area (Å²) in [7, 11) is 1.29. The molecule has 1 amide bonds. The highest BCUT2D eigenvalue weighted by Crippen LogP contribution is 2.09. The molecule has 1 rings (SSSR count). The molecular weight excluding hydrogens is 239 g/mol. The minimum absolute atomic E-state index is 0.129. The van der Waals surface area contributed by atoms with Gasteiger partial charge in [-0.25, -0.2) is 4.39 Å². The molecule has 0 aliphatic carbocycles. The van der Waals surface area contributed by atoms with Crippen LogP contribution in [0.3, 0.4) is 0 Å². The van der Waals surface area contributed by atoms with Crippen LogP contribution in [-0.2, 0) is 9.53 Å². The molecule has 0 saturated heterocycles. The second kappa shape index (κ2) is 7.26. The molecule has 98 valence electrons. The summed E-state index contributed by atoms with van der Waals surface area (Å²) in [6, 6.07) is 6.36. The van der Waals surface area contributed by atoms with Crippen molar-refractivity contribution < 1.29 is 18.7 Å². The summed E-state index contributed by atoms with van der Waals surface area (Å²) in [6.07, 6.45) is 0.129. The molecule has 0 atom stereocenters. The topological polar surface area (TPSA) is 67.4 Å². The van der Waals surface area contributed by atoms with E-state index in [0.29, 0.717) is 11.3 Å². The Morgan fingerprint density at radius 1 is 1.28 bits per heavy atom. The van der Waals surface area contributed by atoms with E-state index in [0.717, 1.165) is 0 Å². The van der Waals surface area contributed by atoms with Gasteiger partial charge < -0.3 is 15.4 Å². The molecule has 1 aromatic carbocycles. The fourth-order valence-electron chi connectivity index (χ4n) is 1.30. The average molecular weight is 254 g/mol. The lowest BCUT2D eigenvalue weighted by molar-refractivity contribution is -0.140. The quantitative estimate of drug-likeness (QED) is 0.593. The number of amides is 1. The zero-order valence-corrected chi connectivity index (χ0v) is 10.0. The van der Waals surface area contributed by atoms with E-state index in [1.807, 2.05) is 0 Å². The average Bonchev–Trinajstić information content (AvgIpc) is 2.39. The van der Waals surface area contributed by atoms with Crippen LogP contribution in [0, 0.1) is 0 Å². The normalized spacial score (nSPS) is 9.67. The number of anilines is 1. The van der Waals surface area contributed by atoms with Gasteiger partial charge in [-0.3, -0.25) is 9.59 Å². The van der Waals surface area contributed by atoms with Gasteiger partial charge in [0.1, 0.15) is 0 Å². The first-order chi connectivity index (χ1) is 8.67. The summed E-state index contributed by atoms with van der Waals surface area (Å²) >= 11 is 0. The number of alkyl halides is 1. The molecule has 0 unspecified atom stereocenters. The molecule has 6 heteroatoms. The lowest BCUT2D eigenvalue weighted by Gasteiger charge is -2.06. The third kappa shape index (κ3) is 4.40. The van der Waals surface area contributed by atoms with Gasteiger partial charge in [-0.2, -0.15) is 0 Å². The van der Waals surface area contributed by atoms with E-state index in [1.54, 1.807) is 24.3 Å². The molecule has 0 spiro atoms. The number of nitrogens with one attached hydrogen (secondary N) is 2. The number of hydrogen-bond donors (Lipinski definition) is 2. The van der Waals surface area contributed by atoms with E-state index >= 15 is 0 Å². The lowest BCUT2D eigenvalue weighted by atomic mass is 10.2. The van der Waals surface area contributed by atoms with E-state index in [1.165, 1.54) is 7.11 Å². The molecule has 0 aromatic heterocycles.